The molecule has 3 rings (SSSR count). The summed E-state index contributed by atoms with van der Waals surface area (Å²) in [5.74, 6) is 0.665. The largest absolute Gasteiger partial charge is 0.493 e. The lowest BCUT2D eigenvalue weighted by Crippen LogP contribution is -2.42. The Kier molecular flexibility index (Phi) is 7.96. The molecule has 2 aliphatic heterocycles. The first-order chi connectivity index (χ1) is 14.5. The van der Waals surface area contributed by atoms with E-state index in [0.717, 1.165) is 50.6 Å². The quantitative estimate of drug-likeness (QED) is 0.419. The predicted octanol–water partition coefficient (Wildman–Crippen LogP) is 5.32. The molecule has 0 bridgehead atoms. The Morgan fingerprint density at radius 2 is 2.07 bits per heavy atom. The third-order valence-electron chi connectivity index (χ3n) is 5.22. The van der Waals surface area contributed by atoms with Crippen LogP contribution in [0.5, 0.6) is 5.75 Å². The topological polar surface area (TPSA) is 45.6 Å². The van der Waals surface area contributed by atoms with Crippen LogP contribution in [0.3, 0.4) is 0 Å². The zero-order valence-electron chi connectivity index (χ0n) is 17.4. The van der Waals surface area contributed by atoms with Gasteiger partial charge in [0.25, 0.3) is 0 Å². The van der Waals surface area contributed by atoms with E-state index in [9.17, 15) is 13.2 Å². The van der Waals surface area contributed by atoms with Crippen LogP contribution in [0.25, 0.3) is 5.70 Å². The van der Waals surface area contributed by atoms with Gasteiger partial charge in [-0.05, 0) is 56.5 Å². The lowest BCUT2D eigenvalue weighted by Gasteiger charge is -2.21. The molecule has 2 heterocycles. The molecule has 30 heavy (non-hydrogen) atoms. The van der Waals surface area contributed by atoms with E-state index < -0.39 is 11.7 Å². The molecule has 2 aliphatic rings. The highest BCUT2D eigenvalue weighted by molar-refractivity contribution is 5.94. The molecule has 1 unspecified atom stereocenters. The molecule has 0 spiro atoms. The van der Waals surface area contributed by atoms with Crippen LogP contribution in [0.1, 0.15) is 56.6 Å². The molecule has 4 nitrogen and oxygen atoms in total. The van der Waals surface area contributed by atoms with Gasteiger partial charge in [-0.1, -0.05) is 31.9 Å². The average Bonchev–Trinajstić information content (AvgIpc) is 3.27. The SMILES string of the molecule is CCCC/C=C\CCOc1ccc(C2=CCNC(C3CCCN3)=N2)cc1C(F)(F)F. The second-order valence-electron chi connectivity index (χ2n) is 7.58. The van der Waals surface area contributed by atoms with Crippen molar-refractivity contribution < 1.29 is 17.9 Å². The lowest BCUT2D eigenvalue weighted by atomic mass is 10.0. The summed E-state index contributed by atoms with van der Waals surface area (Å²) in [7, 11) is 0. The second kappa shape index (κ2) is 10.7. The number of alkyl halides is 3. The Morgan fingerprint density at radius 1 is 1.23 bits per heavy atom. The molecule has 0 radical (unpaired) electrons. The second-order valence-corrected chi connectivity index (χ2v) is 7.58. The summed E-state index contributed by atoms with van der Waals surface area (Å²) in [5, 5.41) is 6.59. The van der Waals surface area contributed by atoms with Crippen LogP contribution in [0.15, 0.2) is 41.4 Å². The third-order valence-corrected chi connectivity index (χ3v) is 5.22. The molecule has 1 fully saturated rings. The van der Waals surface area contributed by atoms with Gasteiger partial charge in [0.2, 0.25) is 0 Å². The molecule has 0 saturated carbocycles. The van der Waals surface area contributed by atoms with Gasteiger partial charge >= 0.3 is 6.18 Å². The summed E-state index contributed by atoms with van der Waals surface area (Å²) in [6.07, 6.45) is 7.20. The van der Waals surface area contributed by atoms with E-state index >= 15 is 0 Å². The third kappa shape index (κ3) is 6.11. The number of amidine groups is 1. The molecule has 1 aromatic carbocycles. The predicted molar refractivity (Wildman–Crippen MR) is 115 cm³/mol. The Morgan fingerprint density at radius 3 is 2.80 bits per heavy atom. The van der Waals surface area contributed by atoms with E-state index in [2.05, 4.69) is 28.6 Å². The number of benzene rings is 1. The molecule has 0 amide bonds. The smallest absolute Gasteiger partial charge is 0.419 e. The molecule has 164 valence electrons. The maximum Gasteiger partial charge on any atom is 0.419 e. The van der Waals surface area contributed by atoms with Crippen molar-refractivity contribution in [3.63, 3.8) is 0 Å². The molecule has 0 aromatic heterocycles. The fourth-order valence-corrected chi connectivity index (χ4v) is 3.60. The van der Waals surface area contributed by atoms with E-state index in [4.69, 9.17) is 4.74 Å². The molecule has 7 heteroatoms. The van der Waals surface area contributed by atoms with Crippen LogP contribution in [0.2, 0.25) is 0 Å². The van der Waals surface area contributed by atoms with E-state index in [1.807, 2.05) is 12.2 Å². The fraction of sp³-hybridized carbons (Fsp3) is 0.522. The maximum atomic E-state index is 13.7. The first-order valence-corrected chi connectivity index (χ1v) is 10.7. The molecule has 2 N–H and O–H groups in total. The zero-order valence-corrected chi connectivity index (χ0v) is 17.4. The summed E-state index contributed by atoms with van der Waals surface area (Å²) in [5.41, 5.74) is 0.254. The van der Waals surface area contributed by atoms with Crippen molar-refractivity contribution in [2.45, 2.75) is 57.7 Å². The van der Waals surface area contributed by atoms with Crippen molar-refractivity contribution in [1.82, 2.24) is 10.6 Å². The Balaban J connectivity index is 1.71. The van der Waals surface area contributed by atoms with Gasteiger partial charge in [0.15, 0.2) is 0 Å². The van der Waals surface area contributed by atoms with Gasteiger partial charge in [0.1, 0.15) is 11.6 Å². The van der Waals surface area contributed by atoms with Gasteiger partial charge in [-0.3, -0.25) is 0 Å². The number of hydrogen-bond acceptors (Lipinski definition) is 4. The number of aliphatic imine (C=N–C) groups is 1. The molecule has 1 aromatic rings. The summed E-state index contributed by atoms with van der Waals surface area (Å²) >= 11 is 0. The standard InChI is InChI=1S/C23H30F3N3O/c1-2-3-4-5-6-7-15-30-21-11-10-17(16-18(21)23(24,25)26)19-12-14-28-22(29-19)20-9-8-13-27-20/h5-6,10-12,16,20,27H,2-4,7-9,13-15H2,1H3,(H,28,29)/b6-5-. The van der Waals surface area contributed by atoms with E-state index in [-0.39, 0.29) is 18.4 Å². The fourth-order valence-electron chi connectivity index (χ4n) is 3.60. The lowest BCUT2D eigenvalue weighted by molar-refractivity contribution is -0.138. The number of allylic oxidation sites excluding steroid dienone is 1. The summed E-state index contributed by atoms with van der Waals surface area (Å²) < 4.78 is 46.4. The summed E-state index contributed by atoms with van der Waals surface area (Å²) in [4.78, 5) is 4.58. The number of nitrogens with zero attached hydrogens (tertiary/aromatic N) is 1. The number of halogens is 3. The van der Waals surface area contributed by atoms with Gasteiger partial charge in [0, 0.05) is 12.1 Å². The Hall–Kier alpha value is -2.28. The average molecular weight is 422 g/mol. The van der Waals surface area contributed by atoms with E-state index in [0.29, 0.717) is 24.2 Å². The summed E-state index contributed by atoms with van der Waals surface area (Å²) in [6.45, 7) is 3.82. The van der Waals surface area contributed by atoms with Gasteiger partial charge in [-0.25, -0.2) is 4.99 Å². The minimum Gasteiger partial charge on any atom is -0.493 e. The minimum absolute atomic E-state index is 0.135. The van der Waals surface area contributed by atoms with Crippen LogP contribution < -0.4 is 15.4 Å². The van der Waals surface area contributed by atoms with Gasteiger partial charge < -0.3 is 15.4 Å². The van der Waals surface area contributed by atoms with E-state index in [1.165, 1.54) is 6.07 Å². The van der Waals surface area contributed by atoms with Gasteiger partial charge in [-0.15, -0.1) is 0 Å². The molecular formula is C23H30F3N3O. The van der Waals surface area contributed by atoms with Crippen LogP contribution in [0, 0.1) is 0 Å². The highest BCUT2D eigenvalue weighted by Gasteiger charge is 2.35. The molecule has 1 saturated heterocycles. The van der Waals surface area contributed by atoms with Crippen LogP contribution in [-0.4, -0.2) is 31.6 Å². The molecule has 0 aliphatic carbocycles. The number of unbranched alkanes of at least 4 members (excludes halogenated alkanes) is 2. The van der Waals surface area contributed by atoms with Crippen molar-refractivity contribution in [3.8, 4) is 5.75 Å². The monoisotopic (exact) mass is 421 g/mol. The van der Waals surface area contributed by atoms with Gasteiger partial charge in [-0.2, -0.15) is 13.2 Å². The molecular weight excluding hydrogens is 391 g/mol. The van der Waals surface area contributed by atoms with Crippen molar-refractivity contribution >= 4 is 11.5 Å². The highest BCUT2D eigenvalue weighted by atomic mass is 19.4. The van der Waals surface area contributed by atoms with Crippen LogP contribution in [0.4, 0.5) is 13.2 Å². The number of ether oxygens (including phenoxy) is 1. The van der Waals surface area contributed by atoms with Crippen molar-refractivity contribution in [1.29, 1.82) is 0 Å². The maximum absolute atomic E-state index is 13.7. The zero-order chi connectivity index (χ0) is 21.4. The van der Waals surface area contributed by atoms with E-state index in [1.54, 1.807) is 6.07 Å². The molecule has 1 atom stereocenters. The normalized spacial score (nSPS) is 19.5. The van der Waals surface area contributed by atoms with Crippen LogP contribution >= 0.6 is 0 Å². The van der Waals surface area contributed by atoms with Crippen LogP contribution in [-0.2, 0) is 6.18 Å². The number of nitrogens with one attached hydrogen (secondary N) is 2. The van der Waals surface area contributed by atoms with Gasteiger partial charge in [0.05, 0.1) is 23.9 Å². The Labute approximate surface area is 176 Å². The van der Waals surface area contributed by atoms with Crippen molar-refractivity contribution in [2.24, 2.45) is 4.99 Å². The van der Waals surface area contributed by atoms with Crippen molar-refractivity contribution in [3.05, 3.63) is 47.6 Å². The first kappa shape index (κ1) is 22.4. The number of rotatable bonds is 9. The number of hydrogen-bond donors (Lipinski definition) is 2. The first-order valence-electron chi connectivity index (χ1n) is 10.7. The highest BCUT2D eigenvalue weighted by Crippen LogP contribution is 2.38. The minimum atomic E-state index is -4.49. The summed E-state index contributed by atoms with van der Waals surface area (Å²) in [6, 6.07) is 4.35. The van der Waals surface area contributed by atoms with Crippen molar-refractivity contribution in [2.75, 3.05) is 19.7 Å². The Bertz CT molecular complexity index is 793.